The van der Waals surface area contributed by atoms with Crippen molar-refractivity contribution >= 4 is 10.9 Å². The molecule has 1 aromatic heterocycles. The van der Waals surface area contributed by atoms with Crippen molar-refractivity contribution in [1.82, 2.24) is 10.3 Å². The molecular formula is C18H15N3. The summed E-state index contributed by atoms with van der Waals surface area (Å²) in [6, 6.07) is 18.6. The monoisotopic (exact) mass is 273 g/mol. The highest BCUT2D eigenvalue weighted by molar-refractivity contribution is 5.85. The van der Waals surface area contributed by atoms with Crippen LogP contribution in [0, 0.1) is 11.3 Å². The first-order valence-electron chi connectivity index (χ1n) is 7.20. The third-order valence-electron chi connectivity index (χ3n) is 4.21. The average Bonchev–Trinajstić information content (AvgIpc) is 2.93. The molecule has 0 spiro atoms. The van der Waals surface area contributed by atoms with Gasteiger partial charge in [0.05, 0.1) is 17.7 Å². The molecule has 1 aliphatic heterocycles. The number of aromatic nitrogens is 1. The molecule has 3 heteroatoms. The first kappa shape index (κ1) is 12.2. The number of rotatable bonds is 1. The Morgan fingerprint density at radius 3 is 2.90 bits per heavy atom. The summed E-state index contributed by atoms with van der Waals surface area (Å²) < 4.78 is 0. The van der Waals surface area contributed by atoms with Crippen LogP contribution in [0.2, 0.25) is 0 Å². The van der Waals surface area contributed by atoms with Gasteiger partial charge in [0.15, 0.2) is 0 Å². The Hall–Kier alpha value is -2.57. The van der Waals surface area contributed by atoms with Crippen molar-refractivity contribution in [3.05, 3.63) is 70.9 Å². The summed E-state index contributed by atoms with van der Waals surface area (Å²) in [6.07, 6.45) is 1.04. The highest BCUT2D eigenvalue weighted by atomic mass is 15.0. The fourth-order valence-corrected chi connectivity index (χ4v) is 3.25. The maximum absolute atomic E-state index is 9.09. The van der Waals surface area contributed by atoms with Gasteiger partial charge in [-0.15, -0.1) is 0 Å². The molecule has 0 saturated carbocycles. The van der Waals surface area contributed by atoms with Crippen LogP contribution < -0.4 is 5.32 Å². The second kappa shape index (κ2) is 4.76. The van der Waals surface area contributed by atoms with Crippen molar-refractivity contribution in [3.8, 4) is 6.07 Å². The molecule has 1 atom stereocenters. The number of nitrogens with one attached hydrogen (secondary N) is 2. The van der Waals surface area contributed by atoms with Gasteiger partial charge in [-0.1, -0.05) is 30.3 Å². The largest absolute Gasteiger partial charge is 0.357 e. The van der Waals surface area contributed by atoms with Crippen LogP contribution in [0.3, 0.4) is 0 Å². The van der Waals surface area contributed by atoms with Crippen molar-refractivity contribution in [2.45, 2.75) is 12.5 Å². The third kappa shape index (κ3) is 1.93. The van der Waals surface area contributed by atoms with Gasteiger partial charge in [-0.05, 0) is 35.7 Å². The van der Waals surface area contributed by atoms with Crippen LogP contribution in [-0.4, -0.2) is 11.5 Å². The van der Waals surface area contributed by atoms with Gasteiger partial charge < -0.3 is 10.3 Å². The fraction of sp³-hybridized carbons (Fsp3) is 0.167. The molecule has 0 radical (unpaired) electrons. The zero-order valence-electron chi connectivity index (χ0n) is 11.6. The lowest BCUT2D eigenvalue weighted by Crippen LogP contribution is -2.30. The van der Waals surface area contributed by atoms with Crippen LogP contribution >= 0.6 is 0 Å². The van der Waals surface area contributed by atoms with Crippen molar-refractivity contribution in [1.29, 1.82) is 5.26 Å². The minimum absolute atomic E-state index is 0.134. The highest BCUT2D eigenvalue weighted by Crippen LogP contribution is 2.33. The van der Waals surface area contributed by atoms with Crippen LogP contribution in [0.25, 0.3) is 10.9 Å². The molecular weight excluding hydrogens is 258 g/mol. The standard InChI is InChI=1S/C18H15N3/c19-11-12-4-3-5-13(10-12)17-18-15(8-9-20-17)14-6-1-2-7-16(14)21-18/h1-7,10,17,20-21H,8-9H2/t17-/m0/s1. The molecule has 2 N–H and O–H groups in total. The van der Waals surface area contributed by atoms with E-state index in [-0.39, 0.29) is 6.04 Å². The predicted molar refractivity (Wildman–Crippen MR) is 83.0 cm³/mol. The number of fused-ring (bicyclic) bond motifs is 3. The second-order valence-corrected chi connectivity index (χ2v) is 5.44. The maximum atomic E-state index is 9.09. The van der Waals surface area contributed by atoms with Gasteiger partial charge in [0.1, 0.15) is 0 Å². The van der Waals surface area contributed by atoms with Gasteiger partial charge in [-0.25, -0.2) is 0 Å². The first-order chi connectivity index (χ1) is 10.4. The Kier molecular flexibility index (Phi) is 2.77. The van der Waals surface area contributed by atoms with Crippen molar-refractivity contribution in [3.63, 3.8) is 0 Å². The fourth-order valence-electron chi connectivity index (χ4n) is 3.25. The molecule has 102 valence electrons. The molecule has 2 aromatic carbocycles. The normalized spacial score (nSPS) is 17.4. The van der Waals surface area contributed by atoms with Gasteiger partial charge >= 0.3 is 0 Å². The van der Waals surface area contributed by atoms with E-state index in [1.165, 1.54) is 22.2 Å². The Balaban J connectivity index is 1.88. The SMILES string of the molecule is N#Cc1cccc([C@@H]2NCCc3c2[nH]c2ccccc32)c1. The molecule has 2 heterocycles. The number of para-hydroxylation sites is 1. The Labute approximate surface area is 123 Å². The summed E-state index contributed by atoms with van der Waals surface area (Å²) in [6.45, 7) is 0.955. The summed E-state index contributed by atoms with van der Waals surface area (Å²) >= 11 is 0. The van der Waals surface area contributed by atoms with Gasteiger partial charge in [0.25, 0.3) is 0 Å². The summed E-state index contributed by atoms with van der Waals surface area (Å²) in [4.78, 5) is 3.56. The third-order valence-corrected chi connectivity index (χ3v) is 4.21. The van der Waals surface area contributed by atoms with Gasteiger partial charge in [0.2, 0.25) is 0 Å². The summed E-state index contributed by atoms with van der Waals surface area (Å²) in [7, 11) is 0. The first-order valence-corrected chi connectivity index (χ1v) is 7.20. The van der Waals surface area contributed by atoms with E-state index in [0.717, 1.165) is 18.5 Å². The summed E-state index contributed by atoms with van der Waals surface area (Å²) in [5.41, 5.74) is 5.67. The Morgan fingerprint density at radius 1 is 1.10 bits per heavy atom. The van der Waals surface area contributed by atoms with Crippen LogP contribution in [0.1, 0.15) is 28.4 Å². The van der Waals surface area contributed by atoms with E-state index in [1.54, 1.807) is 0 Å². The zero-order valence-corrected chi connectivity index (χ0v) is 11.6. The molecule has 3 nitrogen and oxygen atoms in total. The average molecular weight is 273 g/mol. The molecule has 0 unspecified atom stereocenters. The molecule has 4 rings (SSSR count). The van der Waals surface area contributed by atoms with Crippen molar-refractivity contribution in [2.75, 3.05) is 6.54 Å². The van der Waals surface area contributed by atoms with Gasteiger partial charge in [-0.3, -0.25) is 0 Å². The molecule has 1 aliphatic rings. The number of hydrogen-bond donors (Lipinski definition) is 2. The van der Waals surface area contributed by atoms with E-state index in [0.29, 0.717) is 5.56 Å². The summed E-state index contributed by atoms with van der Waals surface area (Å²) in [5.74, 6) is 0. The molecule has 0 bridgehead atoms. The number of benzene rings is 2. The van der Waals surface area contributed by atoms with Crippen LogP contribution in [0.5, 0.6) is 0 Å². The van der Waals surface area contributed by atoms with Crippen LogP contribution in [-0.2, 0) is 6.42 Å². The van der Waals surface area contributed by atoms with E-state index in [2.05, 4.69) is 46.7 Å². The number of nitriles is 1. The molecule has 21 heavy (non-hydrogen) atoms. The quantitative estimate of drug-likeness (QED) is 0.715. The smallest absolute Gasteiger partial charge is 0.0991 e. The van der Waals surface area contributed by atoms with E-state index in [4.69, 9.17) is 5.26 Å². The van der Waals surface area contributed by atoms with Crippen molar-refractivity contribution in [2.24, 2.45) is 0 Å². The van der Waals surface area contributed by atoms with Crippen LogP contribution in [0.4, 0.5) is 0 Å². The molecule has 0 amide bonds. The Morgan fingerprint density at radius 2 is 2.00 bits per heavy atom. The van der Waals surface area contributed by atoms with Crippen LogP contribution in [0.15, 0.2) is 48.5 Å². The molecule has 0 aliphatic carbocycles. The number of nitrogens with zero attached hydrogens (tertiary/aromatic N) is 1. The topological polar surface area (TPSA) is 51.6 Å². The van der Waals surface area contributed by atoms with E-state index < -0.39 is 0 Å². The highest BCUT2D eigenvalue weighted by Gasteiger charge is 2.25. The number of aromatic amines is 1. The lowest BCUT2D eigenvalue weighted by atomic mass is 9.93. The van der Waals surface area contributed by atoms with E-state index >= 15 is 0 Å². The minimum Gasteiger partial charge on any atom is -0.357 e. The zero-order chi connectivity index (χ0) is 14.2. The Bertz CT molecular complexity index is 854. The maximum Gasteiger partial charge on any atom is 0.0991 e. The van der Waals surface area contributed by atoms with E-state index in [9.17, 15) is 0 Å². The number of hydrogen-bond acceptors (Lipinski definition) is 2. The van der Waals surface area contributed by atoms with Gasteiger partial charge in [-0.2, -0.15) is 5.26 Å². The summed E-state index contributed by atoms with van der Waals surface area (Å²) in [5, 5.41) is 14.0. The molecule has 0 fully saturated rings. The second-order valence-electron chi connectivity index (χ2n) is 5.44. The predicted octanol–water partition coefficient (Wildman–Crippen LogP) is 3.27. The molecule has 3 aromatic rings. The lowest BCUT2D eigenvalue weighted by molar-refractivity contribution is 0.560. The lowest BCUT2D eigenvalue weighted by Gasteiger charge is -2.25. The minimum atomic E-state index is 0.134. The van der Waals surface area contributed by atoms with Crippen molar-refractivity contribution < 1.29 is 0 Å². The van der Waals surface area contributed by atoms with Gasteiger partial charge in [0, 0.05) is 23.1 Å². The molecule has 0 saturated heterocycles. The van der Waals surface area contributed by atoms with E-state index in [1.807, 2.05) is 18.2 Å². The number of H-pyrrole nitrogens is 1.